The minimum atomic E-state index is -2.95. The molecule has 0 unspecified atom stereocenters. The van der Waals surface area contributed by atoms with Gasteiger partial charge in [-0.1, -0.05) is 0 Å². The molecule has 0 N–H and O–H groups in total. The van der Waals surface area contributed by atoms with Crippen LogP contribution in [0.3, 0.4) is 0 Å². The molecular weight excluding hydrogens is 297 g/mol. The van der Waals surface area contributed by atoms with Crippen molar-refractivity contribution >= 4 is 33.2 Å². The molecule has 0 aromatic carbocycles. The second-order valence-electron chi connectivity index (χ2n) is 2.51. The lowest BCUT2D eigenvalue weighted by Gasteiger charge is -2.06. The quantitative estimate of drug-likeness (QED) is 0.488. The Hall–Kier alpha value is -0.820. The van der Waals surface area contributed by atoms with E-state index in [1.54, 1.807) is 0 Å². The maximum Gasteiger partial charge on any atom is 0.302 e. The molecule has 0 aliphatic rings. The summed E-state index contributed by atoms with van der Waals surface area (Å²) in [6.07, 6.45) is -1.88. The fourth-order valence-electron chi connectivity index (χ4n) is 1.04. The third-order valence-electron chi connectivity index (χ3n) is 1.65. The van der Waals surface area contributed by atoms with Gasteiger partial charge in [0.05, 0.1) is 15.3 Å². The highest BCUT2D eigenvalue weighted by Gasteiger charge is 2.29. The number of halogens is 4. The van der Waals surface area contributed by atoms with Crippen LogP contribution in [0, 0.1) is 10.1 Å². The average Bonchev–Trinajstić information content (AvgIpc) is 2.16. The Labute approximate surface area is 96.5 Å². The van der Waals surface area contributed by atoms with Crippen molar-refractivity contribution in [2.24, 2.45) is 0 Å². The summed E-state index contributed by atoms with van der Waals surface area (Å²) >= 11 is 8.17. The molecule has 0 fully saturated rings. The van der Waals surface area contributed by atoms with Gasteiger partial charge in [-0.15, -0.1) is 11.6 Å². The molecule has 15 heavy (non-hydrogen) atoms. The number of rotatable bonds is 3. The first-order valence-corrected chi connectivity index (χ1v) is 4.97. The van der Waals surface area contributed by atoms with E-state index in [2.05, 4.69) is 20.9 Å². The Morgan fingerprint density at radius 2 is 2.27 bits per heavy atom. The predicted molar refractivity (Wildman–Crippen MR) is 53.1 cm³/mol. The molecule has 0 aliphatic heterocycles. The van der Waals surface area contributed by atoms with Crippen LogP contribution in [0.5, 0.6) is 0 Å². The third kappa shape index (κ3) is 2.40. The molecule has 0 atom stereocenters. The van der Waals surface area contributed by atoms with Gasteiger partial charge in [-0.2, -0.15) is 0 Å². The van der Waals surface area contributed by atoms with Gasteiger partial charge < -0.3 is 0 Å². The van der Waals surface area contributed by atoms with Gasteiger partial charge in [0.2, 0.25) is 0 Å². The summed E-state index contributed by atoms with van der Waals surface area (Å²) in [6, 6.07) is 0. The molecule has 1 aromatic rings. The third-order valence-corrected chi connectivity index (χ3v) is 2.53. The maximum atomic E-state index is 12.6. The van der Waals surface area contributed by atoms with E-state index in [9.17, 15) is 18.9 Å². The zero-order valence-corrected chi connectivity index (χ0v) is 9.43. The van der Waals surface area contributed by atoms with Crippen LogP contribution in [-0.2, 0) is 5.88 Å². The summed E-state index contributed by atoms with van der Waals surface area (Å²) in [5.74, 6) is -0.288. The topological polar surface area (TPSA) is 56.0 Å². The molecule has 82 valence electrons. The van der Waals surface area contributed by atoms with Crippen molar-refractivity contribution in [3.8, 4) is 0 Å². The van der Waals surface area contributed by atoms with Crippen molar-refractivity contribution in [2.45, 2.75) is 12.3 Å². The van der Waals surface area contributed by atoms with E-state index in [0.717, 1.165) is 6.20 Å². The number of pyridine rings is 1. The Kier molecular flexibility index (Phi) is 3.92. The van der Waals surface area contributed by atoms with Gasteiger partial charge in [0.25, 0.3) is 6.43 Å². The van der Waals surface area contributed by atoms with Crippen molar-refractivity contribution in [3.05, 3.63) is 32.0 Å². The molecule has 0 bridgehead atoms. The van der Waals surface area contributed by atoms with Crippen LogP contribution < -0.4 is 0 Å². The summed E-state index contributed by atoms with van der Waals surface area (Å²) in [6.45, 7) is 0. The lowest BCUT2D eigenvalue weighted by atomic mass is 10.2. The Balaban J connectivity index is 3.51. The monoisotopic (exact) mass is 300 g/mol. The van der Waals surface area contributed by atoms with Crippen LogP contribution in [0.2, 0.25) is 0 Å². The molecular formula is C7H4BrClF2N2O2. The van der Waals surface area contributed by atoms with Crippen molar-refractivity contribution in [1.29, 1.82) is 0 Å². The first kappa shape index (κ1) is 12.3. The summed E-state index contributed by atoms with van der Waals surface area (Å²) < 4.78 is 25.0. The number of aromatic nitrogens is 1. The Morgan fingerprint density at radius 3 is 2.67 bits per heavy atom. The van der Waals surface area contributed by atoms with E-state index in [4.69, 9.17) is 11.6 Å². The minimum absolute atomic E-state index is 0.0990. The molecule has 0 aliphatic carbocycles. The fraction of sp³-hybridized carbons (Fsp3) is 0.286. The van der Waals surface area contributed by atoms with Crippen LogP contribution in [0.1, 0.15) is 17.7 Å². The highest BCUT2D eigenvalue weighted by Crippen LogP contribution is 2.36. The Morgan fingerprint density at radius 1 is 1.67 bits per heavy atom. The van der Waals surface area contributed by atoms with Gasteiger partial charge in [0, 0.05) is 6.20 Å². The SMILES string of the molecule is O=[N+]([O-])c1c(CCl)ncc(Br)c1C(F)F. The van der Waals surface area contributed by atoms with E-state index < -0.39 is 22.6 Å². The summed E-state index contributed by atoms with van der Waals surface area (Å²) in [7, 11) is 0. The molecule has 1 aromatic heterocycles. The highest BCUT2D eigenvalue weighted by atomic mass is 79.9. The number of alkyl halides is 3. The molecule has 1 rings (SSSR count). The predicted octanol–water partition coefficient (Wildman–Crippen LogP) is 3.43. The average molecular weight is 301 g/mol. The second kappa shape index (κ2) is 4.80. The lowest BCUT2D eigenvalue weighted by molar-refractivity contribution is -0.387. The lowest BCUT2D eigenvalue weighted by Crippen LogP contribution is -2.03. The van der Waals surface area contributed by atoms with Crippen molar-refractivity contribution < 1.29 is 13.7 Å². The number of nitro groups is 1. The molecule has 0 amide bonds. The summed E-state index contributed by atoms with van der Waals surface area (Å²) in [5.41, 5.74) is -1.58. The first-order chi connectivity index (χ1) is 6.99. The van der Waals surface area contributed by atoms with E-state index in [0.29, 0.717) is 0 Å². The minimum Gasteiger partial charge on any atom is -0.258 e. The van der Waals surface area contributed by atoms with Gasteiger partial charge in [-0.05, 0) is 15.9 Å². The smallest absolute Gasteiger partial charge is 0.258 e. The second-order valence-corrected chi connectivity index (χ2v) is 3.63. The molecule has 0 spiro atoms. The van der Waals surface area contributed by atoms with Gasteiger partial charge in [-0.25, -0.2) is 8.78 Å². The molecule has 4 nitrogen and oxygen atoms in total. The summed E-state index contributed by atoms with van der Waals surface area (Å²) in [5, 5.41) is 10.6. The molecule has 0 radical (unpaired) electrons. The van der Waals surface area contributed by atoms with Crippen molar-refractivity contribution in [1.82, 2.24) is 4.98 Å². The normalized spacial score (nSPS) is 10.7. The van der Waals surface area contributed by atoms with Gasteiger partial charge in [0.15, 0.2) is 0 Å². The van der Waals surface area contributed by atoms with Crippen LogP contribution in [0.25, 0.3) is 0 Å². The first-order valence-electron chi connectivity index (χ1n) is 3.64. The number of hydrogen-bond donors (Lipinski definition) is 0. The highest BCUT2D eigenvalue weighted by molar-refractivity contribution is 9.10. The van der Waals surface area contributed by atoms with E-state index in [-0.39, 0.29) is 16.0 Å². The zero-order chi connectivity index (χ0) is 11.6. The molecule has 1 heterocycles. The van der Waals surface area contributed by atoms with E-state index >= 15 is 0 Å². The van der Waals surface area contributed by atoms with E-state index in [1.165, 1.54) is 0 Å². The summed E-state index contributed by atoms with van der Waals surface area (Å²) in [4.78, 5) is 13.3. The van der Waals surface area contributed by atoms with E-state index in [1.807, 2.05) is 0 Å². The maximum absolute atomic E-state index is 12.6. The zero-order valence-electron chi connectivity index (χ0n) is 7.08. The molecule has 0 saturated heterocycles. The van der Waals surface area contributed by atoms with Gasteiger partial charge in [0.1, 0.15) is 11.3 Å². The van der Waals surface area contributed by atoms with Crippen LogP contribution in [0.15, 0.2) is 10.7 Å². The Bertz CT molecular complexity index is 403. The molecule has 0 saturated carbocycles. The van der Waals surface area contributed by atoms with Crippen LogP contribution in [-0.4, -0.2) is 9.91 Å². The number of nitrogens with zero attached hydrogens (tertiary/aromatic N) is 2. The van der Waals surface area contributed by atoms with Crippen molar-refractivity contribution in [3.63, 3.8) is 0 Å². The standard InChI is InChI=1S/C7H4BrClF2N2O2/c8-3-2-12-4(1-9)6(13(14)15)5(3)7(10)11/h2,7H,1H2. The molecule has 8 heteroatoms. The van der Waals surface area contributed by atoms with Crippen LogP contribution in [0.4, 0.5) is 14.5 Å². The van der Waals surface area contributed by atoms with Gasteiger partial charge >= 0.3 is 5.69 Å². The van der Waals surface area contributed by atoms with Crippen molar-refractivity contribution in [2.75, 3.05) is 0 Å². The van der Waals surface area contributed by atoms with Gasteiger partial charge in [-0.3, -0.25) is 15.1 Å². The van der Waals surface area contributed by atoms with Crippen LogP contribution >= 0.6 is 27.5 Å². The fourth-order valence-corrected chi connectivity index (χ4v) is 1.70. The number of hydrogen-bond acceptors (Lipinski definition) is 3. The largest absolute Gasteiger partial charge is 0.302 e.